The molecule has 0 N–H and O–H groups in total. The fourth-order valence-corrected chi connectivity index (χ4v) is 2.89. The fourth-order valence-electron chi connectivity index (χ4n) is 2.89. The molecule has 2 aliphatic rings. The lowest BCUT2D eigenvalue weighted by atomic mass is 9.73. The topological polar surface area (TPSA) is 40.9 Å². The molecule has 0 aromatic heterocycles. The first-order valence-corrected chi connectivity index (χ1v) is 6.38. The lowest BCUT2D eigenvalue weighted by Gasteiger charge is -2.25. The summed E-state index contributed by atoms with van der Waals surface area (Å²) in [6.07, 6.45) is 6.29. The second-order valence-corrected chi connectivity index (χ2v) is 5.53. The minimum atomic E-state index is -0.646. The third-order valence-electron chi connectivity index (χ3n) is 4.18. The molecule has 2 aliphatic carbocycles. The van der Waals surface area contributed by atoms with Gasteiger partial charge in [-0.25, -0.2) is 0 Å². The summed E-state index contributed by atoms with van der Waals surface area (Å²) in [4.78, 5) is 12.1. The molecule has 2 heteroatoms. The molecule has 0 unspecified atom stereocenters. The summed E-state index contributed by atoms with van der Waals surface area (Å²) in [5.74, 6) is 0.807. The number of carbonyl (C=O) groups excluding carboxylic acids is 1. The average molecular weight is 229 g/mol. The Morgan fingerprint density at radius 3 is 2.76 bits per heavy atom. The van der Waals surface area contributed by atoms with Crippen molar-refractivity contribution in [3.05, 3.63) is 23.3 Å². The van der Waals surface area contributed by atoms with E-state index in [-0.39, 0.29) is 11.7 Å². The minimum Gasteiger partial charge on any atom is -0.294 e. The summed E-state index contributed by atoms with van der Waals surface area (Å²) < 4.78 is 0. The minimum absolute atomic E-state index is 0.169. The van der Waals surface area contributed by atoms with Crippen molar-refractivity contribution in [2.75, 3.05) is 0 Å². The van der Waals surface area contributed by atoms with E-state index in [2.05, 4.69) is 32.9 Å². The van der Waals surface area contributed by atoms with Crippen molar-refractivity contribution in [3.63, 3.8) is 0 Å². The first-order valence-electron chi connectivity index (χ1n) is 6.38. The van der Waals surface area contributed by atoms with Crippen LogP contribution in [0.15, 0.2) is 23.3 Å². The molecular formula is C15H19NO. The maximum Gasteiger partial charge on any atom is 0.160 e. The van der Waals surface area contributed by atoms with Crippen molar-refractivity contribution in [3.8, 4) is 6.07 Å². The van der Waals surface area contributed by atoms with Crippen LogP contribution < -0.4 is 0 Å². The summed E-state index contributed by atoms with van der Waals surface area (Å²) in [6.45, 7) is 6.34. The number of rotatable bonds is 1. The Hall–Kier alpha value is -1.36. The number of nitriles is 1. The van der Waals surface area contributed by atoms with E-state index in [1.807, 2.05) is 6.08 Å². The number of hydrogen-bond donors (Lipinski definition) is 0. The zero-order valence-electron chi connectivity index (χ0n) is 10.8. The van der Waals surface area contributed by atoms with E-state index in [1.165, 1.54) is 5.57 Å². The van der Waals surface area contributed by atoms with Crippen LogP contribution in [-0.2, 0) is 4.79 Å². The van der Waals surface area contributed by atoms with Gasteiger partial charge in [-0.1, -0.05) is 38.5 Å². The van der Waals surface area contributed by atoms with E-state index < -0.39 is 5.41 Å². The molecule has 0 saturated heterocycles. The molecule has 0 aliphatic heterocycles. The number of nitrogens with zero attached hydrogens (tertiary/aromatic N) is 1. The van der Waals surface area contributed by atoms with Crippen LogP contribution in [0.5, 0.6) is 0 Å². The van der Waals surface area contributed by atoms with Crippen LogP contribution in [0.3, 0.4) is 0 Å². The molecule has 0 heterocycles. The predicted molar refractivity (Wildman–Crippen MR) is 67.1 cm³/mol. The largest absolute Gasteiger partial charge is 0.294 e. The Morgan fingerprint density at radius 1 is 1.47 bits per heavy atom. The third kappa shape index (κ3) is 1.74. The summed E-state index contributed by atoms with van der Waals surface area (Å²) >= 11 is 0. The Kier molecular flexibility index (Phi) is 2.95. The van der Waals surface area contributed by atoms with Crippen molar-refractivity contribution in [1.82, 2.24) is 0 Å². The van der Waals surface area contributed by atoms with E-state index in [9.17, 15) is 10.1 Å². The summed E-state index contributed by atoms with van der Waals surface area (Å²) in [5, 5.41) is 9.58. The molecule has 0 spiro atoms. The van der Waals surface area contributed by atoms with E-state index in [4.69, 9.17) is 0 Å². The van der Waals surface area contributed by atoms with Crippen LogP contribution >= 0.6 is 0 Å². The molecule has 2 nitrogen and oxygen atoms in total. The van der Waals surface area contributed by atoms with Gasteiger partial charge < -0.3 is 0 Å². The van der Waals surface area contributed by atoms with Crippen molar-refractivity contribution < 1.29 is 4.79 Å². The lowest BCUT2D eigenvalue weighted by molar-refractivity contribution is -0.116. The highest BCUT2D eigenvalue weighted by Gasteiger charge is 2.46. The number of hydrogen-bond acceptors (Lipinski definition) is 2. The maximum atomic E-state index is 12.1. The smallest absolute Gasteiger partial charge is 0.160 e. The SMILES string of the molecule is CC(C)C1=C[C@]2(C#N)C(=CC[C@@H]2C)C(=O)CC1. The molecule has 0 bridgehead atoms. The number of Topliss-reactive ketones (excluding diaryl/α,β-unsaturated/α-hetero) is 1. The van der Waals surface area contributed by atoms with E-state index >= 15 is 0 Å². The molecule has 0 aromatic rings. The van der Waals surface area contributed by atoms with Gasteiger partial charge in [-0.05, 0) is 24.7 Å². The van der Waals surface area contributed by atoms with Crippen LogP contribution in [0, 0.1) is 28.6 Å². The van der Waals surface area contributed by atoms with Gasteiger partial charge in [-0.3, -0.25) is 4.79 Å². The molecule has 2 rings (SSSR count). The first kappa shape index (κ1) is 12.1. The highest BCUT2D eigenvalue weighted by Crippen LogP contribution is 2.48. The Bertz CT molecular complexity index is 450. The fraction of sp³-hybridized carbons (Fsp3) is 0.600. The van der Waals surface area contributed by atoms with E-state index in [1.54, 1.807) is 0 Å². The standard InChI is InChI=1S/C15H19NO/c1-10(2)12-5-7-14(17)13-6-4-11(3)15(13,8-12)9-16/h6,8,10-11H,4-5,7H2,1-3H3/t11-,15+/m0/s1. The zero-order valence-corrected chi connectivity index (χ0v) is 10.8. The van der Waals surface area contributed by atoms with E-state index in [0.717, 1.165) is 18.4 Å². The van der Waals surface area contributed by atoms with Crippen LogP contribution in [0.2, 0.25) is 0 Å². The Balaban J connectivity index is 2.55. The number of fused-ring (bicyclic) bond motifs is 1. The highest BCUT2D eigenvalue weighted by molar-refractivity contribution is 5.99. The lowest BCUT2D eigenvalue weighted by Crippen LogP contribution is -2.26. The average Bonchev–Trinajstić information content (AvgIpc) is 2.52. The van der Waals surface area contributed by atoms with Crippen LogP contribution in [-0.4, -0.2) is 5.78 Å². The molecule has 0 saturated carbocycles. The van der Waals surface area contributed by atoms with E-state index in [0.29, 0.717) is 12.3 Å². The third-order valence-corrected chi connectivity index (χ3v) is 4.18. The Morgan fingerprint density at radius 2 is 2.18 bits per heavy atom. The van der Waals surface area contributed by atoms with Crippen molar-refractivity contribution in [2.45, 2.75) is 40.0 Å². The van der Waals surface area contributed by atoms with Gasteiger partial charge in [0.05, 0.1) is 6.07 Å². The van der Waals surface area contributed by atoms with Crippen molar-refractivity contribution in [2.24, 2.45) is 17.3 Å². The molecule has 90 valence electrons. The van der Waals surface area contributed by atoms with Crippen LogP contribution in [0.4, 0.5) is 0 Å². The zero-order chi connectivity index (χ0) is 12.6. The molecule has 0 radical (unpaired) electrons. The summed E-state index contributed by atoms with van der Waals surface area (Å²) in [6, 6.07) is 2.42. The van der Waals surface area contributed by atoms with Crippen LogP contribution in [0.1, 0.15) is 40.0 Å². The normalized spacial score (nSPS) is 32.6. The second kappa shape index (κ2) is 4.14. The van der Waals surface area contributed by atoms with Crippen molar-refractivity contribution >= 4 is 5.78 Å². The molecule has 2 atom stereocenters. The van der Waals surface area contributed by atoms with Gasteiger partial charge in [0.2, 0.25) is 0 Å². The monoisotopic (exact) mass is 229 g/mol. The van der Waals surface area contributed by atoms with Gasteiger partial charge in [0.15, 0.2) is 5.78 Å². The highest BCUT2D eigenvalue weighted by atomic mass is 16.1. The van der Waals surface area contributed by atoms with Gasteiger partial charge >= 0.3 is 0 Å². The number of ketones is 1. The molecule has 0 aromatic carbocycles. The van der Waals surface area contributed by atoms with Gasteiger partial charge in [0.1, 0.15) is 5.41 Å². The van der Waals surface area contributed by atoms with Crippen molar-refractivity contribution in [1.29, 1.82) is 5.26 Å². The molecular weight excluding hydrogens is 210 g/mol. The second-order valence-electron chi connectivity index (χ2n) is 5.53. The van der Waals surface area contributed by atoms with Gasteiger partial charge in [0, 0.05) is 12.0 Å². The van der Waals surface area contributed by atoms with Crippen LogP contribution in [0.25, 0.3) is 0 Å². The Labute approximate surface area is 103 Å². The summed E-state index contributed by atoms with van der Waals surface area (Å²) in [7, 11) is 0. The van der Waals surface area contributed by atoms with Gasteiger partial charge in [0.25, 0.3) is 0 Å². The first-order chi connectivity index (χ1) is 8.01. The molecule has 0 amide bonds. The summed E-state index contributed by atoms with van der Waals surface area (Å²) in [5.41, 5.74) is 1.37. The van der Waals surface area contributed by atoms with Gasteiger partial charge in [-0.2, -0.15) is 5.26 Å². The number of carbonyl (C=O) groups is 1. The molecule has 0 fully saturated rings. The maximum absolute atomic E-state index is 12.1. The van der Waals surface area contributed by atoms with Gasteiger partial charge in [-0.15, -0.1) is 0 Å². The number of allylic oxidation sites excluding steroid dienone is 4. The predicted octanol–water partition coefficient (Wildman–Crippen LogP) is 3.41. The quantitative estimate of drug-likeness (QED) is 0.646. The molecule has 17 heavy (non-hydrogen) atoms.